The Morgan fingerprint density at radius 3 is 2.54 bits per heavy atom. The molecule has 0 aliphatic carbocycles. The first kappa shape index (κ1) is 10.5. The summed E-state index contributed by atoms with van der Waals surface area (Å²) in [6, 6.07) is 4.98. The van der Waals surface area contributed by atoms with Crippen LogP contribution in [0.15, 0.2) is 23.1 Å². The monoisotopic (exact) mass is 263 g/mol. The van der Waals surface area contributed by atoms with Crippen LogP contribution in [0.2, 0.25) is 0 Å². The normalized spacial score (nSPS) is 11.5. The highest BCUT2D eigenvalue weighted by atomic mass is 79.9. The van der Waals surface area contributed by atoms with Crippen LogP contribution in [0.1, 0.15) is 5.56 Å². The predicted octanol–water partition coefficient (Wildman–Crippen LogP) is 1.57. The molecular formula is C8H10BrNO2S. The Labute approximate surface area is 86.0 Å². The van der Waals surface area contributed by atoms with Gasteiger partial charge in [0.1, 0.15) is 0 Å². The highest BCUT2D eigenvalue weighted by Crippen LogP contribution is 2.20. The van der Waals surface area contributed by atoms with Crippen molar-refractivity contribution >= 4 is 31.5 Å². The lowest BCUT2D eigenvalue weighted by molar-refractivity contribution is 0.602. The molecule has 0 heterocycles. The topological polar surface area (TPSA) is 60.2 Å². The standard InChI is InChI=1S/C8H10BrNO2S/c1-13(11,12)8-4-6(5-9)2-3-7(8)10/h2-4H,5,10H2,1H3. The van der Waals surface area contributed by atoms with Crippen LogP contribution >= 0.6 is 15.9 Å². The molecule has 5 heteroatoms. The van der Waals surface area contributed by atoms with Gasteiger partial charge in [0.25, 0.3) is 0 Å². The van der Waals surface area contributed by atoms with Gasteiger partial charge in [-0.05, 0) is 17.7 Å². The van der Waals surface area contributed by atoms with Gasteiger partial charge in [0.05, 0.1) is 10.6 Å². The summed E-state index contributed by atoms with van der Waals surface area (Å²) in [5, 5.41) is 0.621. The van der Waals surface area contributed by atoms with Crippen molar-refractivity contribution < 1.29 is 8.42 Å². The molecule has 0 bridgehead atoms. The Morgan fingerprint density at radius 1 is 1.46 bits per heavy atom. The Hall–Kier alpha value is -0.550. The van der Waals surface area contributed by atoms with Crippen molar-refractivity contribution in [2.45, 2.75) is 10.2 Å². The average molecular weight is 264 g/mol. The average Bonchev–Trinajstić information content (AvgIpc) is 2.03. The van der Waals surface area contributed by atoms with Crippen LogP contribution < -0.4 is 5.73 Å². The number of halogens is 1. The SMILES string of the molecule is CS(=O)(=O)c1cc(CBr)ccc1N. The molecule has 0 saturated heterocycles. The molecule has 0 radical (unpaired) electrons. The van der Waals surface area contributed by atoms with E-state index in [1.165, 1.54) is 0 Å². The van der Waals surface area contributed by atoms with E-state index in [4.69, 9.17) is 5.73 Å². The lowest BCUT2D eigenvalue weighted by Crippen LogP contribution is -2.02. The van der Waals surface area contributed by atoms with Crippen molar-refractivity contribution in [2.24, 2.45) is 0 Å². The summed E-state index contributed by atoms with van der Waals surface area (Å²) in [6.45, 7) is 0. The van der Waals surface area contributed by atoms with Gasteiger partial charge in [-0.2, -0.15) is 0 Å². The van der Waals surface area contributed by atoms with Gasteiger partial charge in [-0.3, -0.25) is 0 Å². The van der Waals surface area contributed by atoms with Crippen molar-refractivity contribution in [1.29, 1.82) is 0 Å². The first-order chi connectivity index (χ1) is 5.95. The first-order valence-corrected chi connectivity index (χ1v) is 6.61. The van der Waals surface area contributed by atoms with E-state index in [-0.39, 0.29) is 4.90 Å². The predicted molar refractivity (Wildman–Crippen MR) is 56.6 cm³/mol. The fourth-order valence-corrected chi connectivity index (χ4v) is 2.19. The summed E-state index contributed by atoms with van der Waals surface area (Å²) in [5.74, 6) is 0. The van der Waals surface area contributed by atoms with Gasteiger partial charge in [-0.15, -0.1) is 0 Å². The van der Waals surface area contributed by atoms with Crippen LogP contribution in [0.5, 0.6) is 0 Å². The van der Waals surface area contributed by atoms with Crippen molar-refractivity contribution in [1.82, 2.24) is 0 Å². The van der Waals surface area contributed by atoms with Crippen LogP contribution in [0.4, 0.5) is 5.69 Å². The molecule has 13 heavy (non-hydrogen) atoms. The highest BCUT2D eigenvalue weighted by Gasteiger charge is 2.11. The fourth-order valence-electron chi connectivity index (χ4n) is 0.983. The van der Waals surface area contributed by atoms with E-state index in [0.29, 0.717) is 11.0 Å². The maximum absolute atomic E-state index is 11.2. The maximum atomic E-state index is 11.2. The Kier molecular flexibility index (Phi) is 2.98. The second kappa shape index (κ2) is 3.67. The zero-order chi connectivity index (χ0) is 10.1. The second-order valence-corrected chi connectivity index (χ2v) is 5.32. The fraction of sp³-hybridized carbons (Fsp3) is 0.250. The van der Waals surface area contributed by atoms with E-state index in [0.717, 1.165) is 11.8 Å². The number of hydrogen-bond donors (Lipinski definition) is 1. The summed E-state index contributed by atoms with van der Waals surface area (Å²) in [4.78, 5) is 0.199. The molecule has 0 unspecified atom stereocenters. The molecule has 1 aromatic rings. The van der Waals surface area contributed by atoms with Gasteiger partial charge < -0.3 is 5.73 Å². The number of rotatable bonds is 2. The molecule has 3 nitrogen and oxygen atoms in total. The number of hydrogen-bond acceptors (Lipinski definition) is 3. The minimum Gasteiger partial charge on any atom is -0.398 e. The van der Waals surface area contributed by atoms with E-state index in [1.807, 2.05) is 0 Å². The first-order valence-electron chi connectivity index (χ1n) is 3.59. The van der Waals surface area contributed by atoms with Gasteiger partial charge in [-0.25, -0.2) is 8.42 Å². The quantitative estimate of drug-likeness (QED) is 0.651. The molecule has 1 aromatic carbocycles. The van der Waals surface area contributed by atoms with Crippen LogP contribution in [-0.2, 0) is 15.2 Å². The summed E-state index contributed by atoms with van der Waals surface area (Å²) in [7, 11) is -3.21. The third-order valence-corrected chi connectivity index (χ3v) is 3.43. The summed E-state index contributed by atoms with van der Waals surface area (Å²) in [5.41, 5.74) is 6.73. The number of nitrogen functional groups attached to an aromatic ring is 1. The number of nitrogens with two attached hydrogens (primary N) is 1. The van der Waals surface area contributed by atoms with Gasteiger partial charge >= 0.3 is 0 Å². The molecule has 0 atom stereocenters. The van der Waals surface area contributed by atoms with Crippen LogP contribution in [-0.4, -0.2) is 14.7 Å². The van der Waals surface area contributed by atoms with Crippen molar-refractivity contribution in [3.63, 3.8) is 0 Å². The smallest absolute Gasteiger partial charge is 0.177 e. The Morgan fingerprint density at radius 2 is 2.08 bits per heavy atom. The van der Waals surface area contributed by atoms with Crippen molar-refractivity contribution in [3.05, 3.63) is 23.8 Å². The molecule has 72 valence electrons. The Bertz CT molecular complexity index is 414. The van der Waals surface area contributed by atoms with E-state index < -0.39 is 9.84 Å². The van der Waals surface area contributed by atoms with Gasteiger partial charge in [0.2, 0.25) is 0 Å². The number of benzene rings is 1. The molecule has 0 aromatic heterocycles. The van der Waals surface area contributed by atoms with Crippen molar-refractivity contribution in [3.8, 4) is 0 Å². The molecule has 0 spiro atoms. The molecule has 0 fully saturated rings. The van der Waals surface area contributed by atoms with E-state index in [1.54, 1.807) is 18.2 Å². The third kappa shape index (κ3) is 2.45. The molecule has 2 N–H and O–H groups in total. The second-order valence-electron chi connectivity index (χ2n) is 2.78. The summed E-state index contributed by atoms with van der Waals surface area (Å²) < 4.78 is 22.5. The third-order valence-electron chi connectivity index (χ3n) is 1.63. The molecule has 0 amide bonds. The largest absolute Gasteiger partial charge is 0.398 e. The molecular weight excluding hydrogens is 254 g/mol. The maximum Gasteiger partial charge on any atom is 0.177 e. The zero-order valence-corrected chi connectivity index (χ0v) is 9.52. The van der Waals surface area contributed by atoms with Crippen LogP contribution in [0, 0.1) is 0 Å². The number of anilines is 1. The number of sulfone groups is 1. The number of alkyl halides is 1. The Balaban J connectivity index is 3.36. The summed E-state index contributed by atoms with van der Waals surface area (Å²) in [6.07, 6.45) is 1.15. The lowest BCUT2D eigenvalue weighted by atomic mass is 10.2. The zero-order valence-electron chi connectivity index (χ0n) is 7.12. The molecule has 0 aliphatic rings. The van der Waals surface area contributed by atoms with Crippen LogP contribution in [0.3, 0.4) is 0 Å². The highest BCUT2D eigenvalue weighted by molar-refractivity contribution is 9.08. The molecule has 1 rings (SSSR count). The van der Waals surface area contributed by atoms with Gasteiger partial charge in [0.15, 0.2) is 9.84 Å². The van der Waals surface area contributed by atoms with Crippen molar-refractivity contribution in [2.75, 3.05) is 12.0 Å². The molecule has 0 saturated carbocycles. The minimum absolute atomic E-state index is 0.199. The van der Waals surface area contributed by atoms with Gasteiger partial charge in [0, 0.05) is 11.6 Å². The summed E-state index contributed by atoms with van der Waals surface area (Å²) >= 11 is 3.25. The minimum atomic E-state index is -3.21. The lowest BCUT2D eigenvalue weighted by Gasteiger charge is -2.04. The van der Waals surface area contributed by atoms with E-state index in [9.17, 15) is 8.42 Å². The van der Waals surface area contributed by atoms with E-state index in [2.05, 4.69) is 15.9 Å². The van der Waals surface area contributed by atoms with Gasteiger partial charge in [-0.1, -0.05) is 22.0 Å². The van der Waals surface area contributed by atoms with E-state index >= 15 is 0 Å². The molecule has 0 aliphatic heterocycles. The van der Waals surface area contributed by atoms with Crippen LogP contribution in [0.25, 0.3) is 0 Å².